The third-order valence-electron chi connectivity index (χ3n) is 3.00. The number of hydrogen-bond donors (Lipinski definition) is 1. The lowest BCUT2D eigenvalue weighted by Crippen LogP contribution is -2.23. The number of methoxy groups -OCH3 is 1. The summed E-state index contributed by atoms with van der Waals surface area (Å²) in [6.07, 6.45) is -4.84. The summed E-state index contributed by atoms with van der Waals surface area (Å²) in [5.74, 6) is -2.80. The molecule has 122 valence electrons. The minimum atomic E-state index is -4.89. The lowest BCUT2D eigenvalue weighted by Gasteiger charge is -2.18. The van der Waals surface area contributed by atoms with Gasteiger partial charge < -0.3 is 9.84 Å². The molecule has 5 nitrogen and oxygen atoms in total. The number of nitrogens with zero attached hydrogens (tertiary/aromatic N) is 1. The molecule has 1 N–H and O–H groups in total. The van der Waals surface area contributed by atoms with Crippen molar-refractivity contribution in [2.75, 3.05) is 7.11 Å². The van der Waals surface area contributed by atoms with Crippen LogP contribution in [-0.4, -0.2) is 29.1 Å². The van der Waals surface area contributed by atoms with E-state index in [1.807, 2.05) is 0 Å². The third-order valence-corrected chi connectivity index (χ3v) is 3.00. The van der Waals surface area contributed by atoms with Crippen LogP contribution in [0.4, 0.5) is 13.2 Å². The van der Waals surface area contributed by atoms with Gasteiger partial charge in [0.2, 0.25) is 0 Å². The van der Waals surface area contributed by atoms with Crippen LogP contribution in [0.5, 0.6) is 0 Å². The minimum Gasteiger partial charge on any atom is -0.478 e. The SMILES string of the molecule is COC(=O)c1c(C(F)(F)F)nc(CC(C)C)c(C(=O)O)c1C. The average molecular weight is 319 g/mol. The standard InChI is InChI=1S/C14H16F3NO4/c1-6(2)5-8-9(12(19)20)7(3)10(13(21)22-4)11(18-8)14(15,16)17/h6H,5H2,1-4H3,(H,19,20). The second-order valence-electron chi connectivity index (χ2n) is 5.17. The lowest BCUT2D eigenvalue weighted by molar-refractivity contribution is -0.141. The zero-order chi connectivity index (χ0) is 17.2. The second kappa shape index (κ2) is 6.33. The quantitative estimate of drug-likeness (QED) is 0.863. The number of aromatic carboxylic acids is 1. The molecule has 1 aromatic rings. The van der Waals surface area contributed by atoms with Gasteiger partial charge in [0.1, 0.15) is 0 Å². The van der Waals surface area contributed by atoms with Gasteiger partial charge in [-0.25, -0.2) is 14.6 Å². The van der Waals surface area contributed by atoms with Crippen LogP contribution >= 0.6 is 0 Å². The minimum absolute atomic E-state index is 0.0486. The molecule has 1 heterocycles. The van der Waals surface area contributed by atoms with Crippen molar-refractivity contribution in [1.29, 1.82) is 0 Å². The van der Waals surface area contributed by atoms with Crippen LogP contribution in [0.2, 0.25) is 0 Å². The van der Waals surface area contributed by atoms with Crippen molar-refractivity contribution in [3.05, 3.63) is 28.1 Å². The Bertz CT molecular complexity index is 609. The van der Waals surface area contributed by atoms with Crippen LogP contribution in [-0.2, 0) is 17.3 Å². The van der Waals surface area contributed by atoms with Crippen LogP contribution in [0.15, 0.2) is 0 Å². The largest absolute Gasteiger partial charge is 0.478 e. The molecule has 1 rings (SSSR count). The number of hydrogen-bond acceptors (Lipinski definition) is 4. The zero-order valence-electron chi connectivity index (χ0n) is 12.5. The molecule has 0 saturated heterocycles. The zero-order valence-corrected chi connectivity index (χ0v) is 12.5. The van der Waals surface area contributed by atoms with Crippen LogP contribution in [0, 0.1) is 12.8 Å². The number of carbonyl (C=O) groups excluding carboxylic acids is 1. The smallest absolute Gasteiger partial charge is 0.434 e. The molecule has 0 unspecified atom stereocenters. The summed E-state index contributed by atoms with van der Waals surface area (Å²) in [4.78, 5) is 26.5. The Labute approximate surface area is 125 Å². The Balaban J connectivity index is 3.80. The number of carbonyl (C=O) groups is 2. The molecule has 0 fully saturated rings. The number of halogens is 3. The summed E-state index contributed by atoms with van der Waals surface area (Å²) in [6.45, 7) is 4.60. The second-order valence-corrected chi connectivity index (χ2v) is 5.17. The average Bonchev–Trinajstić information content (AvgIpc) is 2.34. The van der Waals surface area contributed by atoms with Gasteiger partial charge in [0, 0.05) is 0 Å². The summed E-state index contributed by atoms with van der Waals surface area (Å²) in [6, 6.07) is 0. The first-order valence-electron chi connectivity index (χ1n) is 6.42. The van der Waals surface area contributed by atoms with Crippen LogP contribution in [0.25, 0.3) is 0 Å². The van der Waals surface area contributed by atoms with E-state index in [1.165, 1.54) is 0 Å². The number of aromatic nitrogens is 1. The molecule has 0 amide bonds. The number of ether oxygens (including phenoxy) is 1. The summed E-state index contributed by atoms with van der Waals surface area (Å²) in [5, 5.41) is 9.26. The van der Waals surface area contributed by atoms with E-state index in [9.17, 15) is 27.9 Å². The Morgan fingerprint density at radius 2 is 1.82 bits per heavy atom. The number of carboxylic acid groups (broad SMARTS) is 1. The van der Waals surface area contributed by atoms with Gasteiger partial charge in [0.25, 0.3) is 0 Å². The number of alkyl halides is 3. The summed E-state index contributed by atoms with van der Waals surface area (Å²) >= 11 is 0. The van der Waals surface area contributed by atoms with Gasteiger partial charge in [-0.3, -0.25) is 0 Å². The number of esters is 1. The molecule has 0 aliphatic rings. The highest BCUT2D eigenvalue weighted by atomic mass is 19.4. The maximum absolute atomic E-state index is 13.2. The fraction of sp³-hybridized carbons (Fsp3) is 0.500. The van der Waals surface area contributed by atoms with E-state index in [-0.39, 0.29) is 29.2 Å². The number of carboxylic acids is 1. The van der Waals surface area contributed by atoms with E-state index in [2.05, 4.69) is 9.72 Å². The molecule has 8 heteroatoms. The van der Waals surface area contributed by atoms with Gasteiger partial charge >= 0.3 is 18.1 Å². The van der Waals surface area contributed by atoms with Crippen molar-refractivity contribution in [2.24, 2.45) is 5.92 Å². The first kappa shape index (κ1) is 17.9. The number of pyridine rings is 1. The van der Waals surface area contributed by atoms with Gasteiger partial charge in [-0.15, -0.1) is 0 Å². The van der Waals surface area contributed by atoms with Gasteiger partial charge in [-0.05, 0) is 24.8 Å². The van der Waals surface area contributed by atoms with E-state index in [4.69, 9.17) is 0 Å². The fourth-order valence-electron chi connectivity index (χ4n) is 2.14. The molecule has 0 aromatic carbocycles. The van der Waals surface area contributed by atoms with Crippen molar-refractivity contribution in [2.45, 2.75) is 33.4 Å². The Morgan fingerprint density at radius 3 is 2.18 bits per heavy atom. The third kappa shape index (κ3) is 3.55. The maximum Gasteiger partial charge on any atom is 0.434 e. The predicted molar refractivity (Wildman–Crippen MR) is 70.8 cm³/mol. The highest BCUT2D eigenvalue weighted by molar-refractivity contribution is 5.98. The molecular weight excluding hydrogens is 303 g/mol. The van der Waals surface area contributed by atoms with E-state index in [1.54, 1.807) is 13.8 Å². The molecule has 0 saturated carbocycles. The Hall–Kier alpha value is -2.12. The molecule has 0 atom stereocenters. The topological polar surface area (TPSA) is 76.5 Å². The van der Waals surface area contributed by atoms with Gasteiger partial charge in [-0.1, -0.05) is 13.8 Å². The maximum atomic E-state index is 13.2. The first-order chi connectivity index (χ1) is 10.0. The Morgan fingerprint density at radius 1 is 1.27 bits per heavy atom. The monoisotopic (exact) mass is 319 g/mol. The van der Waals surface area contributed by atoms with Crippen molar-refractivity contribution in [3.63, 3.8) is 0 Å². The van der Waals surface area contributed by atoms with E-state index >= 15 is 0 Å². The molecule has 0 aliphatic heterocycles. The van der Waals surface area contributed by atoms with E-state index in [0.717, 1.165) is 14.0 Å². The van der Waals surface area contributed by atoms with Crippen molar-refractivity contribution in [3.8, 4) is 0 Å². The highest BCUT2D eigenvalue weighted by Crippen LogP contribution is 2.34. The van der Waals surface area contributed by atoms with Gasteiger partial charge in [0.05, 0.1) is 23.9 Å². The van der Waals surface area contributed by atoms with Crippen molar-refractivity contribution in [1.82, 2.24) is 4.98 Å². The molecule has 0 radical (unpaired) electrons. The van der Waals surface area contributed by atoms with Crippen LogP contribution in [0.1, 0.15) is 51.5 Å². The van der Waals surface area contributed by atoms with Crippen LogP contribution in [0.3, 0.4) is 0 Å². The summed E-state index contributed by atoms with van der Waals surface area (Å²) in [5.41, 5.74) is -3.16. The van der Waals surface area contributed by atoms with Gasteiger partial charge in [0.15, 0.2) is 5.69 Å². The van der Waals surface area contributed by atoms with Gasteiger partial charge in [-0.2, -0.15) is 13.2 Å². The molecule has 0 aliphatic carbocycles. The summed E-state index contributed by atoms with van der Waals surface area (Å²) in [7, 11) is 0.921. The Kier molecular flexibility index (Phi) is 5.16. The predicted octanol–water partition coefficient (Wildman–Crippen LogP) is 3.09. The normalized spacial score (nSPS) is 11.6. The van der Waals surface area contributed by atoms with Crippen molar-refractivity contribution < 1.29 is 32.6 Å². The lowest BCUT2D eigenvalue weighted by atomic mass is 9.95. The van der Waals surface area contributed by atoms with E-state index in [0.29, 0.717) is 0 Å². The molecular formula is C14H16F3NO4. The summed E-state index contributed by atoms with van der Waals surface area (Å²) < 4.78 is 43.8. The molecule has 0 bridgehead atoms. The molecule has 0 spiro atoms. The highest BCUT2D eigenvalue weighted by Gasteiger charge is 2.40. The van der Waals surface area contributed by atoms with Crippen molar-refractivity contribution >= 4 is 11.9 Å². The number of rotatable bonds is 4. The fourth-order valence-corrected chi connectivity index (χ4v) is 2.14. The van der Waals surface area contributed by atoms with E-state index < -0.39 is 29.4 Å². The molecule has 22 heavy (non-hydrogen) atoms. The molecule has 1 aromatic heterocycles. The first-order valence-corrected chi connectivity index (χ1v) is 6.42. The van der Waals surface area contributed by atoms with Crippen LogP contribution < -0.4 is 0 Å².